The molecular weight excluding hydrogens is 374 g/mol. The molecule has 2 aliphatic rings. The number of rotatable bonds is 7. The van der Waals surface area contributed by atoms with Crippen LogP contribution in [0.1, 0.15) is 83.5 Å². The minimum Gasteiger partial charge on any atom is -0.371 e. The van der Waals surface area contributed by atoms with E-state index in [0.717, 1.165) is 56.8 Å². The molecule has 2 N–H and O–H groups in total. The summed E-state index contributed by atoms with van der Waals surface area (Å²) in [6.45, 7) is 13.0. The van der Waals surface area contributed by atoms with E-state index >= 15 is 0 Å². The largest absolute Gasteiger partial charge is 0.371 e. The molecule has 1 saturated carbocycles. The minimum atomic E-state index is -0.0247. The first-order chi connectivity index (χ1) is 14.1. The van der Waals surface area contributed by atoms with Gasteiger partial charge in [0.25, 0.3) is 5.91 Å². The summed E-state index contributed by atoms with van der Waals surface area (Å²) in [5, 5.41) is 6.14. The number of piperidine rings is 1. The van der Waals surface area contributed by atoms with Gasteiger partial charge in [0.1, 0.15) is 0 Å². The van der Waals surface area contributed by atoms with Crippen LogP contribution < -0.4 is 15.5 Å². The highest BCUT2D eigenvalue weighted by molar-refractivity contribution is 6.02. The van der Waals surface area contributed by atoms with Crippen molar-refractivity contribution >= 4 is 23.2 Å². The zero-order valence-electron chi connectivity index (χ0n) is 19.4. The Labute approximate surface area is 182 Å². The van der Waals surface area contributed by atoms with Gasteiger partial charge in [0.15, 0.2) is 0 Å². The van der Waals surface area contributed by atoms with Crippen LogP contribution in [0.2, 0.25) is 0 Å². The van der Waals surface area contributed by atoms with Crippen LogP contribution in [-0.4, -0.2) is 30.9 Å². The van der Waals surface area contributed by atoms with Crippen molar-refractivity contribution in [1.82, 2.24) is 5.32 Å². The molecule has 1 unspecified atom stereocenters. The van der Waals surface area contributed by atoms with Crippen molar-refractivity contribution in [3.8, 4) is 0 Å². The molecule has 0 radical (unpaired) electrons. The van der Waals surface area contributed by atoms with E-state index in [0.29, 0.717) is 29.6 Å². The lowest BCUT2D eigenvalue weighted by atomic mass is 9.84. The van der Waals surface area contributed by atoms with Crippen LogP contribution >= 0.6 is 0 Å². The average Bonchev–Trinajstić information content (AvgIpc) is 3.44. The lowest BCUT2D eigenvalue weighted by Crippen LogP contribution is -2.35. The summed E-state index contributed by atoms with van der Waals surface area (Å²) >= 11 is 0. The van der Waals surface area contributed by atoms with Crippen molar-refractivity contribution in [2.24, 2.45) is 17.3 Å². The van der Waals surface area contributed by atoms with Gasteiger partial charge < -0.3 is 15.5 Å². The van der Waals surface area contributed by atoms with E-state index in [1.165, 1.54) is 0 Å². The second-order valence-corrected chi connectivity index (χ2v) is 10.8. The van der Waals surface area contributed by atoms with Gasteiger partial charge in [-0.1, -0.05) is 34.6 Å². The standard InChI is InChI=1S/C25H39N3O2/c1-17-10-12-28(13-11-17)22-9-8-20(15-21(22)24(30)27-19-6-7-19)26-23(29)14-18(2)16-25(3,4)5/h8-9,15,17-19H,6-7,10-14,16H2,1-5H3,(H,26,29)(H,27,30). The van der Waals surface area contributed by atoms with Crippen LogP contribution in [0, 0.1) is 17.3 Å². The fourth-order valence-electron chi connectivity index (χ4n) is 4.46. The van der Waals surface area contributed by atoms with Crippen LogP contribution in [0.3, 0.4) is 0 Å². The molecule has 166 valence electrons. The number of amides is 2. The van der Waals surface area contributed by atoms with Crippen LogP contribution in [0.4, 0.5) is 11.4 Å². The van der Waals surface area contributed by atoms with Gasteiger partial charge in [-0.2, -0.15) is 0 Å². The van der Waals surface area contributed by atoms with Gasteiger partial charge in [0.2, 0.25) is 5.91 Å². The summed E-state index contributed by atoms with van der Waals surface area (Å²) < 4.78 is 0. The van der Waals surface area contributed by atoms with E-state index in [9.17, 15) is 9.59 Å². The molecule has 2 fully saturated rings. The fraction of sp³-hybridized carbons (Fsp3) is 0.680. The Morgan fingerprint density at radius 2 is 1.80 bits per heavy atom. The van der Waals surface area contributed by atoms with Crippen LogP contribution in [-0.2, 0) is 4.79 Å². The molecule has 1 aliphatic heterocycles. The smallest absolute Gasteiger partial charge is 0.253 e. The molecule has 0 bridgehead atoms. The molecule has 5 heteroatoms. The highest BCUT2D eigenvalue weighted by Crippen LogP contribution is 2.30. The number of anilines is 2. The Hall–Kier alpha value is -2.04. The predicted molar refractivity (Wildman–Crippen MR) is 124 cm³/mol. The number of carbonyl (C=O) groups excluding carboxylic acids is 2. The monoisotopic (exact) mass is 413 g/mol. The third-order valence-electron chi connectivity index (χ3n) is 6.06. The zero-order chi connectivity index (χ0) is 21.9. The van der Waals surface area contributed by atoms with E-state index in [2.05, 4.69) is 50.2 Å². The predicted octanol–water partition coefficient (Wildman–Crippen LogP) is 5.22. The Morgan fingerprint density at radius 3 is 2.40 bits per heavy atom. The highest BCUT2D eigenvalue weighted by atomic mass is 16.2. The van der Waals surface area contributed by atoms with Gasteiger partial charge in [-0.25, -0.2) is 0 Å². The molecule has 1 aromatic carbocycles. The number of benzene rings is 1. The molecule has 1 aliphatic carbocycles. The normalized spacial score (nSPS) is 18.8. The minimum absolute atomic E-state index is 0.0137. The maximum atomic E-state index is 12.9. The topological polar surface area (TPSA) is 61.4 Å². The van der Waals surface area contributed by atoms with Crippen molar-refractivity contribution in [3.05, 3.63) is 23.8 Å². The SMILES string of the molecule is CC1CCN(c2ccc(NC(=O)CC(C)CC(C)(C)C)cc2C(=O)NC2CC2)CC1. The summed E-state index contributed by atoms with van der Waals surface area (Å²) in [6.07, 6.45) is 5.91. The first-order valence-electron chi connectivity index (χ1n) is 11.6. The third-order valence-corrected chi connectivity index (χ3v) is 6.06. The Balaban J connectivity index is 1.72. The molecule has 0 spiro atoms. The highest BCUT2D eigenvalue weighted by Gasteiger charge is 2.27. The molecule has 2 amide bonds. The van der Waals surface area contributed by atoms with E-state index in [-0.39, 0.29) is 17.2 Å². The summed E-state index contributed by atoms with van der Waals surface area (Å²) in [7, 11) is 0. The lowest BCUT2D eigenvalue weighted by molar-refractivity contribution is -0.117. The lowest BCUT2D eigenvalue weighted by Gasteiger charge is -2.33. The summed E-state index contributed by atoms with van der Waals surface area (Å²) in [4.78, 5) is 27.8. The first kappa shape index (κ1) is 22.6. The first-order valence-corrected chi connectivity index (χ1v) is 11.6. The van der Waals surface area contributed by atoms with Gasteiger partial charge in [-0.15, -0.1) is 0 Å². The second kappa shape index (κ2) is 9.40. The summed E-state index contributed by atoms with van der Waals surface area (Å²) in [6, 6.07) is 6.11. The maximum Gasteiger partial charge on any atom is 0.253 e. The average molecular weight is 414 g/mol. The molecule has 1 aromatic rings. The van der Waals surface area contributed by atoms with E-state index in [1.54, 1.807) is 0 Å². The Kier molecular flexibility index (Phi) is 7.10. The Bertz CT molecular complexity index is 756. The van der Waals surface area contributed by atoms with Crippen molar-refractivity contribution in [2.75, 3.05) is 23.3 Å². The number of nitrogens with zero attached hydrogens (tertiary/aromatic N) is 1. The molecular formula is C25H39N3O2. The van der Waals surface area contributed by atoms with Gasteiger partial charge in [0.05, 0.1) is 5.56 Å². The van der Waals surface area contributed by atoms with Gasteiger partial charge in [-0.05, 0) is 67.6 Å². The molecule has 5 nitrogen and oxygen atoms in total. The molecule has 3 rings (SSSR count). The van der Waals surface area contributed by atoms with Crippen molar-refractivity contribution in [1.29, 1.82) is 0 Å². The van der Waals surface area contributed by atoms with Gasteiger partial charge in [0, 0.05) is 36.9 Å². The Morgan fingerprint density at radius 1 is 1.13 bits per heavy atom. The maximum absolute atomic E-state index is 12.9. The van der Waals surface area contributed by atoms with Crippen LogP contribution in [0.15, 0.2) is 18.2 Å². The van der Waals surface area contributed by atoms with Crippen molar-refractivity contribution in [2.45, 2.75) is 79.2 Å². The quantitative estimate of drug-likeness (QED) is 0.644. The molecule has 1 atom stereocenters. The fourth-order valence-corrected chi connectivity index (χ4v) is 4.46. The van der Waals surface area contributed by atoms with Crippen molar-refractivity contribution < 1.29 is 9.59 Å². The number of carbonyl (C=O) groups is 2. The van der Waals surface area contributed by atoms with Crippen molar-refractivity contribution in [3.63, 3.8) is 0 Å². The van der Waals surface area contributed by atoms with E-state index in [4.69, 9.17) is 0 Å². The van der Waals surface area contributed by atoms with Gasteiger partial charge in [-0.3, -0.25) is 9.59 Å². The van der Waals surface area contributed by atoms with E-state index in [1.807, 2.05) is 18.2 Å². The van der Waals surface area contributed by atoms with E-state index < -0.39 is 0 Å². The van der Waals surface area contributed by atoms with Crippen LogP contribution in [0.25, 0.3) is 0 Å². The molecule has 30 heavy (non-hydrogen) atoms. The summed E-state index contributed by atoms with van der Waals surface area (Å²) in [5.41, 5.74) is 2.58. The molecule has 0 aromatic heterocycles. The molecule has 1 saturated heterocycles. The number of hydrogen-bond acceptors (Lipinski definition) is 3. The summed E-state index contributed by atoms with van der Waals surface area (Å²) in [5.74, 6) is 1.04. The zero-order valence-corrected chi connectivity index (χ0v) is 19.4. The van der Waals surface area contributed by atoms with Crippen LogP contribution in [0.5, 0.6) is 0 Å². The van der Waals surface area contributed by atoms with Gasteiger partial charge >= 0.3 is 0 Å². The number of hydrogen-bond donors (Lipinski definition) is 2. The second-order valence-electron chi connectivity index (χ2n) is 10.8. The molecule has 1 heterocycles. The third kappa shape index (κ3) is 6.75. The number of nitrogens with one attached hydrogen (secondary N) is 2.